The Kier molecular flexibility index (Phi) is 4.98. The van der Waals surface area contributed by atoms with E-state index in [-0.39, 0.29) is 17.8 Å². The Balaban J connectivity index is 1.58. The molecule has 148 valence electrons. The number of aromatic nitrogens is 4. The summed E-state index contributed by atoms with van der Waals surface area (Å²) in [5.74, 6) is -0.0954. The quantitative estimate of drug-likeness (QED) is 0.434. The average Bonchev–Trinajstić information content (AvgIpc) is 3.00. The van der Waals surface area contributed by atoms with Gasteiger partial charge in [0.2, 0.25) is 17.8 Å². The van der Waals surface area contributed by atoms with E-state index in [1.165, 1.54) is 28.1 Å². The maximum atomic E-state index is 12.7. The van der Waals surface area contributed by atoms with Crippen LogP contribution < -0.4 is 16.8 Å². The predicted molar refractivity (Wildman–Crippen MR) is 118 cm³/mol. The number of nitrogens with one attached hydrogen (secondary N) is 1. The molecule has 0 bridgehead atoms. The van der Waals surface area contributed by atoms with E-state index in [1.807, 2.05) is 30.3 Å². The number of rotatable bonds is 5. The molecule has 2 aromatic carbocycles. The van der Waals surface area contributed by atoms with Crippen LogP contribution >= 0.6 is 11.8 Å². The van der Waals surface area contributed by atoms with Crippen molar-refractivity contribution in [3.8, 4) is 0 Å². The number of fused-ring (bicyclic) bond motifs is 3. The number of carbonyl (C=O) groups is 1. The molecule has 4 aromatic rings. The lowest BCUT2D eigenvalue weighted by atomic mass is 10.1. The fraction of sp³-hybridized carbons (Fsp3) is 0.200. The molecule has 5 N–H and O–H groups in total. The summed E-state index contributed by atoms with van der Waals surface area (Å²) in [7, 11) is 0. The standard InChI is InChI=1S/C20H21N7OS/c1-3-27-15-7-5-4-6-13(15)14-9-8-12(10-16(14)27)23-17(28)11(2)29-20-25-18(21)24-19(22)26-20/h4-11H,3H2,1-2H3,(H,23,28)(H4,21,22,24,25,26)/t11-/m1/s1. The smallest absolute Gasteiger partial charge is 0.237 e. The number of carbonyl (C=O) groups excluding carboxylic acids is 1. The van der Waals surface area contributed by atoms with Crippen molar-refractivity contribution >= 4 is 57.1 Å². The fourth-order valence-electron chi connectivity index (χ4n) is 3.36. The van der Waals surface area contributed by atoms with Gasteiger partial charge in [0.15, 0.2) is 5.16 Å². The molecule has 0 saturated heterocycles. The Hall–Kier alpha value is -3.33. The summed E-state index contributed by atoms with van der Waals surface area (Å²) >= 11 is 1.17. The zero-order valence-electron chi connectivity index (χ0n) is 16.1. The molecule has 0 radical (unpaired) electrons. The van der Waals surface area contributed by atoms with E-state index < -0.39 is 5.25 Å². The Morgan fingerprint density at radius 1 is 1.07 bits per heavy atom. The lowest BCUT2D eigenvalue weighted by molar-refractivity contribution is -0.115. The highest BCUT2D eigenvalue weighted by atomic mass is 32.2. The molecule has 8 nitrogen and oxygen atoms in total. The van der Waals surface area contributed by atoms with E-state index in [0.29, 0.717) is 5.16 Å². The number of nitrogens with two attached hydrogens (primary N) is 2. The summed E-state index contributed by atoms with van der Waals surface area (Å²) in [5, 5.41) is 5.22. The number of hydrogen-bond acceptors (Lipinski definition) is 7. The maximum Gasteiger partial charge on any atom is 0.237 e. The topological polar surface area (TPSA) is 125 Å². The lowest BCUT2D eigenvalue weighted by Crippen LogP contribution is -2.23. The predicted octanol–water partition coefficient (Wildman–Crippen LogP) is 3.28. The zero-order chi connectivity index (χ0) is 20.5. The van der Waals surface area contributed by atoms with Crippen LogP contribution in [0.1, 0.15) is 13.8 Å². The van der Waals surface area contributed by atoms with E-state index in [4.69, 9.17) is 11.5 Å². The summed E-state index contributed by atoms with van der Waals surface area (Å²) in [4.78, 5) is 24.4. The van der Waals surface area contributed by atoms with Gasteiger partial charge in [0, 0.05) is 28.5 Å². The van der Waals surface area contributed by atoms with Gasteiger partial charge in [-0.2, -0.15) is 15.0 Å². The van der Waals surface area contributed by atoms with Crippen LogP contribution in [0.25, 0.3) is 21.8 Å². The van der Waals surface area contributed by atoms with Crippen LogP contribution in [0.5, 0.6) is 0 Å². The normalized spacial score (nSPS) is 12.3. The van der Waals surface area contributed by atoms with Crippen LogP contribution in [0.4, 0.5) is 17.6 Å². The van der Waals surface area contributed by atoms with Crippen molar-refractivity contribution in [3.05, 3.63) is 42.5 Å². The van der Waals surface area contributed by atoms with Gasteiger partial charge in [-0.05, 0) is 32.0 Å². The molecule has 4 rings (SSSR count). The Bertz CT molecular complexity index is 1200. The first-order chi connectivity index (χ1) is 14.0. The molecule has 2 aromatic heterocycles. The molecule has 0 aliphatic carbocycles. The molecule has 2 heterocycles. The van der Waals surface area contributed by atoms with Gasteiger partial charge in [-0.3, -0.25) is 4.79 Å². The number of amides is 1. The number of nitrogen functional groups attached to an aromatic ring is 2. The molecule has 1 atom stereocenters. The van der Waals surface area contributed by atoms with Crippen molar-refractivity contribution in [3.63, 3.8) is 0 Å². The van der Waals surface area contributed by atoms with E-state index >= 15 is 0 Å². The first kappa shape index (κ1) is 19.0. The minimum absolute atomic E-state index is 0.0328. The van der Waals surface area contributed by atoms with Crippen LogP contribution in [0.3, 0.4) is 0 Å². The molecule has 9 heteroatoms. The second kappa shape index (κ2) is 7.59. The monoisotopic (exact) mass is 407 g/mol. The van der Waals surface area contributed by atoms with Crippen molar-refractivity contribution in [1.82, 2.24) is 19.5 Å². The van der Waals surface area contributed by atoms with Crippen molar-refractivity contribution in [2.24, 2.45) is 0 Å². The van der Waals surface area contributed by atoms with E-state index in [9.17, 15) is 4.79 Å². The van der Waals surface area contributed by atoms with Crippen LogP contribution in [-0.4, -0.2) is 30.7 Å². The van der Waals surface area contributed by atoms with E-state index in [2.05, 4.69) is 43.9 Å². The van der Waals surface area contributed by atoms with Gasteiger partial charge in [-0.1, -0.05) is 36.0 Å². The number of hydrogen-bond donors (Lipinski definition) is 3. The number of para-hydroxylation sites is 1. The molecule has 0 saturated carbocycles. The van der Waals surface area contributed by atoms with Crippen LogP contribution in [-0.2, 0) is 11.3 Å². The Morgan fingerprint density at radius 3 is 2.48 bits per heavy atom. The van der Waals surface area contributed by atoms with Crippen LogP contribution in [0.15, 0.2) is 47.6 Å². The largest absolute Gasteiger partial charge is 0.368 e. The molecule has 0 fully saturated rings. The third kappa shape index (κ3) is 3.68. The zero-order valence-corrected chi connectivity index (χ0v) is 16.9. The molecule has 1 amide bonds. The first-order valence-electron chi connectivity index (χ1n) is 9.21. The van der Waals surface area contributed by atoms with Crippen molar-refractivity contribution < 1.29 is 4.79 Å². The molecular weight excluding hydrogens is 386 g/mol. The van der Waals surface area contributed by atoms with Gasteiger partial charge in [0.1, 0.15) is 0 Å². The number of benzene rings is 2. The fourth-order valence-corrected chi connectivity index (χ4v) is 4.14. The minimum Gasteiger partial charge on any atom is -0.368 e. The molecule has 0 spiro atoms. The summed E-state index contributed by atoms with van der Waals surface area (Å²) in [6.45, 7) is 4.73. The molecule has 0 aliphatic rings. The molecule has 0 aliphatic heterocycles. The maximum absolute atomic E-state index is 12.7. The van der Waals surface area contributed by atoms with Gasteiger partial charge < -0.3 is 21.4 Å². The van der Waals surface area contributed by atoms with Gasteiger partial charge >= 0.3 is 0 Å². The Labute approximate surface area is 171 Å². The number of aryl methyl sites for hydroxylation is 1. The highest BCUT2D eigenvalue weighted by molar-refractivity contribution is 8.00. The second-order valence-electron chi connectivity index (χ2n) is 6.58. The van der Waals surface area contributed by atoms with Crippen LogP contribution in [0, 0.1) is 0 Å². The van der Waals surface area contributed by atoms with Crippen LogP contribution in [0.2, 0.25) is 0 Å². The highest BCUT2D eigenvalue weighted by Crippen LogP contribution is 2.31. The Morgan fingerprint density at radius 2 is 1.76 bits per heavy atom. The SMILES string of the molecule is CCn1c2ccccc2c2ccc(NC(=O)[C@@H](C)Sc3nc(N)nc(N)n3)cc21. The molecular formula is C20H21N7OS. The third-order valence-corrected chi connectivity index (χ3v) is 5.62. The third-order valence-electron chi connectivity index (χ3n) is 4.66. The number of thioether (sulfide) groups is 1. The van der Waals surface area contributed by atoms with Gasteiger partial charge in [-0.25, -0.2) is 0 Å². The van der Waals surface area contributed by atoms with Gasteiger partial charge in [0.25, 0.3) is 0 Å². The second-order valence-corrected chi connectivity index (χ2v) is 7.89. The van der Waals surface area contributed by atoms with Crippen molar-refractivity contribution in [1.29, 1.82) is 0 Å². The molecule has 0 unspecified atom stereocenters. The van der Waals surface area contributed by atoms with Gasteiger partial charge in [0.05, 0.1) is 10.8 Å². The van der Waals surface area contributed by atoms with Gasteiger partial charge in [-0.15, -0.1) is 0 Å². The summed E-state index contributed by atoms with van der Waals surface area (Å²) in [6.07, 6.45) is 0. The first-order valence-corrected chi connectivity index (χ1v) is 10.1. The molecule has 29 heavy (non-hydrogen) atoms. The minimum atomic E-state index is -0.441. The summed E-state index contributed by atoms with van der Waals surface area (Å²) in [5.41, 5.74) is 14.2. The number of anilines is 3. The van der Waals surface area contributed by atoms with Crippen molar-refractivity contribution in [2.75, 3.05) is 16.8 Å². The summed E-state index contributed by atoms with van der Waals surface area (Å²) in [6, 6.07) is 14.3. The van der Waals surface area contributed by atoms with E-state index in [1.54, 1.807) is 6.92 Å². The van der Waals surface area contributed by atoms with Crippen molar-refractivity contribution in [2.45, 2.75) is 30.8 Å². The lowest BCUT2D eigenvalue weighted by Gasteiger charge is -2.12. The highest BCUT2D eigenvalue weighted by Gasteiger charge is 2.18. The van der Waals surface area contributed by atoms with E-state index in [0.717, 1.165) is 17.7 Å². The summed E-state index contributed by atoms with van der Waals surface area (Å²) < 4.78 is 2.24. The number of nitrogens with zero attached hydrogens (tertiary/aromatic N) is 4. The average molecular weight is 408 g/mol.